The molecule has 2 N–H and O–H groups in total. The molecule has 0 unspecified atom stereocenters. The minimum atomic E-state index is -3.91. The number of rotatable bonds is 9. The topological polar surface area (TPSA) is 128 Å². The van der Waals surface area contributed by atoms with Crippen molar-refractivity contribution >= 4 is 33.6 Å². The number of amides is 1. The first-order valence-corrected chi connectivity index (χ1v) is 10.9. The Morgan fingerprint density at radius 2 is 1.68 bits per heavy atom. The van der Waals surface area contributed by atoms with E-state index in [2.05, 4.69) is 10.0 Å². The lowest BCUT2D eigenvalue weighted by Gasteiger charge is -2.11. The lowest BCUT2D eigenvalue weighted by Crippen LogP contribution is -2.32. The summed E-state index contributed by atoms with van der Waals surface area (Å²) in [6.07, 6.45) is 0. The van der Waals surface area contributed by atoms with Crippen LogP contribution in [0, 0.1) is 13.8 Å². The largest absolute Gasteiger partial charge is 0.462 e. The predicted molar refractivity (Wildman–Crippen MR) is 113 cm³/mol. The smallest absolute Gasteiger partial charge is 0.340 e. The minimum absolute atomic E-state index is 0.0247. The van der Waals surface area contributed by atoms with Crippen LogP contribution in [0.2, 0.25) is 0 Å². The molecule has 2 rings (SSSR count). The van der Waals surface area contributed by atoms with Crippen LogP contribution < -0.4 is 10.0 Å². The number of anilines is 1. The van der Waals surface area contributed by atoms with Gasteiger partial charge in [-0.25, -0.2) is 13.2 Å². The van der Waals surface area contributed by atoms with Gasteiger partial charge in [-0.05, 0) is 56.2 Å². The Kier molecular flexibility index (Phi) is 8.29. The standard InChI is InChI=1S/C21H24N2O7S/c1-4-29-21(26)17-7-5-6-8-18(17)23-19(24)13-30-20(25)12-22-31(27,28)16-10-9-14(2)15(3)11-16/h5-11,22H,4,12-13H2,1-3H3,(H,23,24). The predicted octanol–water partition coefficient (Wildman–Crippen LogP) is 1.94. The third kappa shape index (κ3) is 6.90. The van der Waals surface area contributed by atoms with Crippen LogP contribution in [0.3, 0.4) is 0 Å². The highest BCUT2D eigenvalue weighted by Crippen LogP contribution is 2.16. The van der Waals surface area contributed by atoms with E-state index < -0.39 is 41.0 Å². The summed E-state index contributed by atoms with van der Waals surface area (Å²) in [6.45, 7) is 4.18. The Hall–Kier alpha value is -3.24. The van der Waals surface area contributed by atoms with E-state index >= 15 is 0 Å². The molecule has 166 valence electrons. The van der Waals surface area contributed by atoms with Gasteiger partial charge in [-0.3, -0.25) is 9.59 Å². The number of nitrogens with one attached hydrogen (secondary N) is 2. The van der Waals surface area contributed by atoms with Crippen molar-refractivity contribution in [3.63, 3.8) is 0 Å². The van der Waals surface area contributed by atoms with Gasteiger partial charge in [-0.15, -0.1) is 0 Å². The molecule has 31 heavy (non-hydrogen) atoms. The number of aryl methyl sites for hydroxylation is 2. The van der Waals surface area contributed by atoms with Gasteiger partial charge in [0.25, 0.3) is 5.91 Å². The van der Waals surface area contributed by atoms with E-state index in [0.717, 1.165) is 11.1 Å². The fraction of sp³-hybridized carbons (Fsp3) is 0.286. The lowest BCUT2D eigenvalue weighted by atomic mass is 10.1. The van der Waals surface area contributed by atoms with Gasteiger partial charge >= 0.3 is 11.9 Å². The average Bonchev–Trinajstić information content (AvgIpc) is 2.73. The molecule has 0 aliphatic rings. The maximum absolute atomic E-state index is 12.3. The minimum Gasteiger partial charge on any atom is -0.462 e. The van der Waals surface area contributed by atoms with Crippen LogP contribution in [0.1, 0.15) is 28.4 Å². The first kappa shape index (κ1) is 24.0. The van der Waals surface area contributed by atoms with Gasteiger partial charge in [-0.2, -0.15) is 4.72 Å². The molecule has 9 nitrogen and oxygen atoms in total. The van der Waals surface area contributed by atoms with Crippen molar-refractivity contribution in [2.75, 3.05) is 25.1 Å². The number of hydrogen-bond donors (Lipinski definition) is 2. The molecule has 0 spiro atoms. The van der Waals surface area contributed by atoms with Crippen LogP contribution in [-0.4, -0.2) is 46.0 Å². The van der Waals surface area contributed by atoms with Crippen molar-refractivity contribution in [1.82, 2.24) is 4.72 Å². The van der Waals surface area contributed by atoms with E-state index in [0.29, 0.717) is 0 Å². The Balaban J connectivity index is 1.88. The molecule has 2 aromatic carbocycles. The van der Waals surface area contributed by atoms with Crippen LogP contribution in [0.5, 0.6) is 0 Å². The Morgan fingerprint density at radius 3 is 2.35 bits per heavy atom. The quantitative estimate of drug-likeness (QED) is 0.561. The average molecular weight is 448 g/mol. The SMILES string of the molecule is CCOC(=O)c1ccccc1NC(=O)COC(=O)CNS(=O)(=O)c1ccc(C)c(C)c1. The summed E-state index contributed by atoms with van der Waals surface area (Å²) in [6, 6.07) is 10.8. The molecule has 0 saturated heterocycles. The van der Waals surface area contributed by atoms with Crippen molar-refractivity contribution in [2.24, 2.45) is 0 Å². The monoisotopic (exact) mass is 448 g/mol. The summed E-state index contributed by atoms with van der Waals surface area (Å²) in [4.78, 5) is 35.9. The summed E-state index contributed by atoms with van der Waals surface area (Å²) >= 11 is 0. The number of sulfonamides is 1. The molecule has 10 heteroatoms. The Bertz CT molecular complexity index is 1080. The van der Waals surface area contributed by atoms with Gasteiger partial charge < -0.3 is 14.8 Å². The second-order valence-corrected chi connectivity index (χ2v) is 8.31. The molecular weight excluding hydrogens is 424 g/mol. The molecule has 0 aliphatic heterocycles. The number of carbonyl (C=O) groups excluding carboxylic acids is 3. The van der Waals surface area contributed by atoms with Gasteiger partial charge in [0.15, 0.2) is 6.61 Å². The molecular formula is C21H24N2O7S. The number of carbonyl (C=O) groups is 3. The van der Waals surface area contributed by atoms with Crippen LogP contribution >= 0.6 is 0 Å². The summed E-state index contributed by atoms with van der Waals surface area (Å²) in [5.41, 5.74) is 2.10. The molecule has 0 radical (unpaired) electrons. The molecule has 0 aromatic heterocycles. The summed E-state index contributed by atoms with van der Waals surface area (Å²) in [5.74, 6) is -2.22. The summed E-state index contributed by atoms with van der Waals surface area (Å²) in [5, 5.41) is 2.46. The maximum Gasteiger partial charge on any atom is 0.340 e. The van der Waals surface area contributed by atoms with Gasteiger partial charge in [0.2, 0.25) is 10.0 Å². The lowest BCUT2D eigenvalue weighted by molar-refractivity contribution is -0.146. The highest BCUT2D eigenvalue weighted by atomic mass is 32.2. The zero-order chi connectivity index (χ0) is 23.0. The first-order chi connectivity index (χ1) is 14.6. The first-order valence-electron chi connectivity index (χ1n) is 9.42. The fourth-order valence-corrected chi connectivity index (χ4v) is 3.53. The van der Waals surface area contributed by atoms with E-state index in [4.69, 9.17) is 9.47 Å². The van der Waals surface area contributed by atoms with Crippen LogP contribution in [0.25, 0.3) is 0 Å². The molecule has 0 heterocycles. The maximum atomic E-state index is 12.3. The fourth-order valence-electron chi connectivity index (χ4n) is 2.48. The Morgan fingerprint density at radius 1 is 0.968 bits per heavy atom. The molecule has 0 atom stereocenters. The van der Waals surface area contributed by atoms with Crippen molar-refractivity contribution in [2.45, 2.75) is 25.7 Å². The highest BCUT2D eigenvalue weighted by Gasteiger charge is 2.18. The number of esters is 2. The number of para-hydroxylation sites is 1. The van der Waals surface area contributed by atoms with Crippen LogP contribution in [0.4, 0.5) is 5.69 Å². The van der Waals surface area contributed by atoms with E-state index in [-0.39, 0.29) is 22.8 Å². The van der Waals surface area contributed by atoms with Gasteiger partial charge in [0.1, 0.15) is 6.54 Å². The third-order valence-electron chi connectivity index (χ3n) is 4.26. The zero-order valence-electron chi connectivity index (χ0n) is 17.4. The summed E-state index contributed by atoms with van der Waals surface area (Å²) in [7, 11) is -3.91. The molecule has 0 fully saturated rings. The molecule has 1 amide bonds. The van der Waals surface area contributed by atoms with E-state index in [1.807, 2.05) is 6.92 Å². The number of benzene rings is 2. The van der Waals surface area contributed by atoms with Crippen molar-refractivity contribution < 1.29 is 32.3 Å². The highest BCUT2D eigenvalue weighted by molar-refractivity contribution is 7.89. The molecule has 2 aromatic rings. The molecule has 0 bridgehead atoms. The normalized spacial score (nSPS) is 10.9. The molecule has 0 aliphatic carbocycles. The summed E-state index contributed by atoms with van der Waals surface area (Å²) < 4.78 is 36.4. The van der Waals surface area contributed by atoms with Crippen molar-refractivity contribution in [3.8, 4) is 0 Å². The van der Waals surface area contributed by atoms with E-state index in [9.17, 15) is 22.8 Å². The second kappa shape index (κ2) is 10.7. The molecule has 0 saturated carbocycles. The number of ether oxygens (including phenoxy) is 2. The van der Waals surface area contributed by atoms with E-state index in [1.54, 1.807) is 32.0 Å². The number of hydrogen-bond acceptors (Lipinski definition) is 7. The third-order valence-corrected chi connectivity index (χ3v) is 5.65. The zero-order valence-corrected chi connectivity index (χ0v) is 18.2. The van der Waals surface area contributed by atoms with E-state index in [1.165, 1.54) is 24.3 Å². The van der Waals surface area contributed by atoms with Gasteiger partial charge in [-0.1, -0.05) is 18.2 Å². The van der Waals surface area contributed by atoms with Crippen LogP contribution in [-0.2, 0) is 29.1 Å². The van der Waals surface area contributed by atoms with Crippen molar-refractivity contribution in [3.05, 3.63) is 59.2 Å². The van der Waals surface area contributed by atoms with Gasteiger partial charge in [0, 0.05) is 0 Å². The van der Waals surface area contributed by atoms with Crippen molar-refractivity contribution in [1.29, 1.82) is 0 Å². The van der Waals surface area contributed by atoms with Crippen LogP contribution in [0.15, 0.2) is 47.4 Å². The Labute approximate surface area is 180 Å². The van der Waals surface area contributed by atoms with Gasteiger partial charge in [0.05, 0.1) is 22.8 Å². The second-order valence-electron chi connectivity index (χ2n) is 6.55.